The Balaban J connectivity index is 1.89. The van der Waals surface area contributed by atoms with Crippen LogP contribution in [0.25, 0.3) is 4.96 Å². The average molecular weight is 309 g/mol. The van der Waals surface area contributed by atoms with Crippen molar-refractivity contribution in [3.8, 4) is 5.75 Å². The van der Waals surface area contributed by atoms with Crippen LogP contribution < -0.4 is 4.74 Å². The van der Waals surface area contributed by atoms with Gasteiger partial charge >= 0.3 is 5.97 Å². The topological polar surface area (TPSA) is 63.8 Å². The summed E-state index contributed by atoms with van der Waals surface area (Å²) in [7, 11) is 0. The highest BCUT2D eigenvalue weighted by molar-refractivity contribution is 7.18. The molecule has 1 N–H and O–H groups in total. The third-order valence-electron chi connectivity index (χ3n) is 2.74. The van der Waals surface area contributed by atoms with Crippen LogP contribution in [-0.4, -0.2) is 20.5 Å². The Bertz CT molecular complexity index is 764. The molecule has 1 aromatic carbocycles. The van der Waals surface area contributed by atoms with E-state index in [0.717, 1.165) is 11.3 Å². The number of imidazole rings is 1. The summed E-state index contributed by atoms with van der Waals surface area (Å²) < 4.78 is 7.34. The second-order valence-corrected chi connectivity index (χ2v) is 5.42. The van der Waals surface area contributed by atoms with E-state index >= 15 is 0 Å². The van der Waals surface area contributed by atoms with Crippen LogP contribution in [-0.2, 0) is 6.61 Å². The third kappa shape index (κ3) is 2.35. The SMILES string of the molecule is O=C(O)c1sc2nccn2c1COc1ccc(Cl)cc1. The molecule has 5 nitrogen and oxygen atoms in total. The molecule has 0 bridgehead atoms. The Morgan fingerprint density at radius 1 is 1.40 bits per heavy atom. The molecule has 20 heavy (non-hydrogen) atoms. The second-order valence-electron chi connectivity index (χ2n) is 4.01. The Morgan fingerprint density at radius 2 is 2.15 bits per heavy atom. The molecule has 0 radical (unpaired) electrons. The van der Waals surface area contributed by atoms with Gasteiger partial charge in [-0.2, -0.15) is 0 Å². The number of hydrogen-bond donors (Lipinski definition) is 1. The number of carboxylic acid groups (broad SMARTS) is 1. The van der Waals surface area contributed by atoms with Crippen molar-refractivity contribution in [1.29, 1.82) is 0 Å². The van der Waals surface area contributed by atoms with Gasteiger partial charge in [0.05, 0.1) is 5.69 Å². The minimum Gasteiger partial charge on any atom is -0.487 e. The Labute approximate surface area is 123 Å². The lowest BCUT2D eigenvalue weighted by atomic mass is 10.3. The van der Waals surface area contributed by atoms with Gasteiger partial charge in [0.1, 0.15) is 17.2 Å². The maximum absolute atomic E-state index is 11.2. The van der Waals surface area contributed by atoms with Gasteiger partial charge < -0.3 is 9.84 Å². The molecule has 2 heterocycles. The summed E-state index contributed by atoms with van der Waals surface area (Å²) in [6, 6.07) is 6.91. The van der Waals surface area contributed by atoms with Crippen molar-refractivity contribution in [3.05, 3.63) is 52.3 Å². The lowest BCUT2D eigenvalue weighted by molar-refractivity contribution is 0.0699. The molecule has 0 aliphatic heterocycles. The molecule has 2 aromatic heterocycles. The Hall–Kier alpha value is -2.05. The van der Waals surface area contributed by atoms with Crippen LogP contribution in [0.3, 0.4) is 0 Å². The Kier molecular flexibility index (Phi) is 3.33. The van der Waals surface area contributed by atoms with E-state index in [9.17, 15) is 9.90 Å². The van der Waals surface area contributed by atoms with Gasteiger partial charge in [-0.3, -0.25) is 4.40 Å². The molecule has 3 rings (SSSR count). The van der Waals surface area contributed by atoms with Crippen molar-refractivity contribution in [2.45, 2.75) is 6.61 Å². The highest BCUT2D eigenvalue weighted by Gasteiger charge is 2.18. The van der Waals surface area contributed by atoms with Gasteiger partial charge in [-0.05, 0) is 24.3 Å². The molecule has 0 spiro atoms. The number of hydrogen-bond acceptors (Lipinski definition) is 4. The van der Waals surface area contributed by atoms with Crippen LogP contribution in [0.4, 0.5) is 0 Å². The molecule has 0 saturated carbocycles. The van der Waals surface area contributed by atoms with E-state index in [1.54, 1.807) is 41.1 Å². The molecule has 0 atom stereocenters. The molecule has 0 saturated heterocycles. The van der Waals surface area contributed by atoms with Gasteiger partial charge in [-0.25, -0.2) is 9.78 Å². The van der Waals surface area contributed by atoms with E-state index in [4.69, 9.17) is 16.3 Å². The van der Waals surface area contributed by atoms with Crippen LogP contribution in [0.2, 0.25) is 5.02 Å². The van der Waals surface area contributed by atoms with Crippen LogP contribution in [0.15, 0.2) is 36.7 Å². The first-order valence-corrected chi connectivity index (χ1v) is 6.91. The summed E-state index contributed by atoms with van der Waals surface area (Å²) in [4.78, 5) is 16.2. The monoisotopic (exact) mass is 308 g/mol. The number of thiazole rings is 1. The molecule has 0 aliphatic carbocycles. The number of fused-ring (bicyclic) bond motifs is 1. The van der Waals surface area contributed by atoms with Crippen molar-refractivity contribution in [1.82, 2.24) is 9.38 Å². The van der Waals surface area contributed by atoms with Gasteiger partial charge in [-0.1, -0.05) is 22.9 Å². The first-order valence-electron chi connectivity index (χ1n) is 5.71. The standard InChI is InChI=1S/C13H9ClN2O3S/c14-8-1-3-9(4-2-8)19-7-10-11(12(17)18)20-13-15-5-6-16(10)13/h1-6H,7H2,(H,17,18). The lowest BCUT2D eigenvalue weighted by Gasteiger charge is -2.06. The maximum Gasteiger partial charge on any atom is 0.347 e. The predicted molar refractivity (Wildman–Crippen MR) is 75.8 cm³/mol. The smallest absolute Gasteiger partial charge is 0.347 e. The number of aromatic nitrogens is 2. The number of carboxylic acids is 1. The van der Waals surface area contributed by atoms with Crippen LogP contribution in [0.5, 0.6) is 5.75 Å². The minimum absolute atomic E-state index is 0.152. The van der Waals surface area contributed by atoms with Crippen molar-refractivity contribution in [3.63, 3.8) is 0 Å². The van der Waals surface area contributed by atoms with Crippen molar-refractivity contribution >= 4 is 33.9 Å². The summed E-state index contributed by atoms with van der Waals surface area (Å²) in [5.74, 6) is -0.347. The van der Waals surface area contributed by atoms with Gasteiger partial charge in [0, 0.05) is 17.4 Å². The number of aromatic carboxylic acids is 1. The summed E-state index contributed by atoms with van der Waals surface area (Å²) in [6.45, 7) is 0.152. The largest absolute Gasteiger partial charge is 0.487 e. The van der Waals surface area contributed by atoms with E-state index in [1.807, 2.05) is 0 Å². The van der Waals surface area contributed by atoms with Crippen LogP contribution in [0, 0.1) is 0 Å². The highest BCUT2D eigenvalue weighted by Crippen LogP contribution is 2.24. The van der Waals surface area contributed by atoms with Gasteiger partial charge in [0.15, 0.2) is 4.96 Å². The van der Waals surface area contributed by atoms with Crippen LogP contribution in [0.1, 0.15) is 15.4 Å². The zero-order valence-electron chi connectivity index (χ0n) is 10.1. The second kappa shape index (κ2) is 5.15. The van der Waals surface area contributed by atoms with Gasteiger partial charge in [-0.15, -0.1) is 0 Å². The molecule has 0 unspecified atom stereocenters. The summed E-state index contributed by atoms with van der Waals surface area (Å²) in [5, 5.41) is 9.84. The predicted octanol–water partition coefficient (Wildman–Crippen LogP) is 3.33. The highest BCUT2D eigenvalue weighted by atomic mass is 35.5. The van der Waals surface area contributed by atoms with E-state index in [1.165, 1.54) is 0 Å². The molecule has 0 aliphatic rings. The number of carbonyl (C=O) groups is 1. The van der Waals surface area contributed by atoms with E-state index in [0.29, 0.717) is 21.4 Å². The van der Waals surface area contributed by atoms with Crippen molar-refractivity contribution in [2.24, 2.45) is 0 Å². The van der Waals surface area contributed by atoms with E-state index < -0.39 is 5.97 Å². The first kappa shape index (κ1) is 13.0. The number of ether oxygens (including phenoxy) is 1. The summed E-state index contributed by atoms with van der Waals surface area (Å²) in [6.07, 6.45) is 3.35. The average Bonchev–Trinajstić information content (AvgIpc) is 2.99. The van der Waals surface area contributed by atoms with Crippen molar-refractivity contribution < 1.29 is 14.6 Å². The molecule has 102 valence electrons. The molecule has 0 fully saturated rings. The molecule has 0 amide bonds. The fourth-order valence-electron chi connectivity index (χ4n) is 1.81. The van der Waals surface area contributed by atoms with Gasteiger partial charge in [0.25, 0.3) is 0 Å². The first-order chi connectivity index (χ1) is 9.65. The number of nitrogens with zero attached hydrogens (tertiary/aromatic N) is 2. The zero-order valence-corrected chi connectivity index (χ0v) is 11.7. The molecule has 7 heteroatoms. The molecular formula is C13H9ClN2O3S. The lowest BCUT2D eigenvalue weighted by Crippen LogP contribution is -2.05. The Morgan fingerprint density at radius 3 is 2.85 bits per heavy atom. The molecule has 3 aromatic rings. The van der Waals surface area contributed by atoms with E-state index in [2.05, 4.69) is 4.98 Å². The maximum atomic E-state index is 11.2. The molecular weight excluding hydrogens is 300 g/mol. The summed E-state index contributed by atoms with van der Waals surface area (Å²) in [5.41, 5.74) is 0.574. The quantitative estimate of drug-likeness (QED) is 0.803. The fourth-order valence-corrected chi connectivity index (χ4v) is 2.87. The van der Waals surface area contributed by atoms with E-state index in [-0.39, 0.29) is 11.5 Å². The van der Waals surface area contributed by atoms with Crippen LogP contribution >= 0.6 is 22.9 Å². The number of benzene rings is 1. The number of halogens is 1. The van der Waals surface area contributed by atoms with Gasteiger partial charge in [0.2, 0.25) is 0 Å². The zero-order chi connectivity index (χ0) is 14.1. The normalized spacial score (nSPS) is 10.8. The van der Waals surface area contributed by atoms with Crippen molar-refractivity contribution in [2.75, 3.05) is 0 Å². The minimum atomic E-state index is -0.977. The summed E-state index contributed by atoms with van der Waals surface area (Å²) >= 11 is 6.93. The fraction of sp³-hybridized carbons (Fsp3) is 0.0769. The third-order valence-corrected chi connectivity index (χ3v) is 4.09. The number of rotatable bonds is 4.